The molecule has 1 amide bonds. The standard InChI is InChI=1S/C27H32F2N10OS/c1-16-5-4-8-37(11-16)13-18-9-24(41-36-18)35-26-27-32-10-22(39(27)12-17(2)33-26)20(30)14-38(31)15-23(40)34-21-7-3-6-19(28)25(21)29/h3,6-7,9-10,12,14,16H,4-5,8,11,13,15,30-31H2,1-2H3,(H,33,35)(H,34,40)/b20-14-. The van der Waals surface area contributed by atoms with E-state index in [0.29, 0.717) is 23.1 Å². The van der Waals surface area contributed by atoms with Crippen molar-refractivity contribution < 1.29 is 13.6 Å². The maximum atomic E-state index is 13.9. The number of aryl methyl sites for hydroxylation is 1. The molecule has 1 aliphatic rings. The number of anilines is 3. The molecule has 0 bridgehead atoms. The highest BCUT2D eigenvalue weighted by Gasteiger charge is 2.19. The maximum Gasteiger partial charge on any atom is 0.245 e. The van der Waals surface area contributed by atoms with Gasteiger partial charge in [-0.05, 0) is 62.0 Å². The lowest BCUT2D eigenvalue weighted by atomic mass is 10.0. The molecule has 4 aromatic rings. The zero-order valence-corrected chi connectivity index (χ0v) is 23.6. The molecule has 4 heterocycles. The van der Waals surface area contributed by atoms with E-state index in [4.69, 9.17) is 11.6 Å². The second-order valence-electron chi connectivity index (χ2n) is 10.3. The second-order valence-corrected chi connectivity index (χ2v) is 11.1. The molecule has 0 aliphatic carbocycles. The number of hydrogen-bond donors (Lipinski definition) is 4. The third kappa shape index (κ3) is 6.78. The van der Waals surface area contributed by atoms with Gasteiger partial charge in [-0.25, -0.2) is 24.6 Å². The van der Waals surface area contributed by atoms with Gasteiger partial charge in [-0.15, -0.1) is 0 Å². The minimum Gasteiger partial charge on any atom is -0.396 e. The Balaban J connectivity index is 1.28. The zero-order chi connectivity index (χ0) is 29.1. The molecule has 1 aromatic carbocycles. The highest BCUT2D eigenvalue weighted by Crippen LogP contribution is 2.27. The number of nitrogens with zero attached hydrogens (tertiary/aromatic N) is 6. The zero-order valence-electron chi connectivity index (χ0n) is 22.8. The van der Waals surface area contributed by atoms with Crippen LogP contribution < -0.4 is 22.2 Å². The Morgan fingerprint density at radius 2 is 2.17 bits per heavy atom. The van der Waals surface area contributed by atoms with E-state index >= 15 is 0 Å². The first-order valence-electron chi connectivity index (χ1n) is 13.2. The van der Waals surface area contributed by atoms with Crippen LogP contribution in [0.4, 0.5) is 25.3 Å². The summed E-state index contributed by atoms with van der Waals surface area (Å²) >= 11 is 1.37. The first kappa shape index (κ1) is 28.4. The van der Waals surface area contributed by atoms with Gasteiger partial charge in [-0.1, -0.05) is 13.0 Å². The summed E-state index contributed by atoms with van der Waals surface area (Å²) in [5.74, 6) is 4.36. The molecule has 3 aromatic heterocycles. The van der Waals surface area contributed by atoms with Gasteiger partial charge in [-0.2, -0.15) is 4.37 Å². The van der Waals surface area contributed by atoms with Crippen molar-refractivity contribution in [2.45, 2.75) is 33.2 Å². The van der Waals surface area contributed by atoms with Crippen LogP contribution in [0.3, 0.4) is 0 Å². The normalized spacial score (nSPS) is 16.2. The molecule has 5 rings (SSSR count). The quantitative estimate of drug-likeness (QED) is 0.171. The Labute approximate surface area is 240 Å². The first-order valence-corrected chi connectivity index (χ1v) is 14.0. The molecular weight excluding hydrogens is 550 g/mol. The SMILES string of the molecule is Cc1cn2c(/C(N)=C/N(N)CC(=O)Nc3cccc(F)c3F)cnc2c(Nc2cc(CN3CCCC(C)C3)ns2)n1. The summed E-state index contributed by atoms with van der Waals surface area (Å²) in [5.41, 5.74) is 9.09. The van der Waals surface area contributed by atoms with Crippen LogP contribution in [0.5, 0.6) is 0 Å². The van der Waals surface area contributed by atoms with E-state index in [-0.39, 0.29) is 17.9 Å². The fourth-order valence-corrected chi connectivity index (χ4v) is 5.53. The van der Waals surface area contributed by atoms with Gasteiger partial charge < -0.3 is 21.4 Å². The lowest BCUT2D eigenvalue weighted by Crippen LogP contribution is -2.35. The summed E-state index contributed by atoms with van der Waals surface area (Å²) in [6.07, 6.45) is 7.23. The van der Waals surface area contributed by atoms with Gasteiger partial charge >= 0.3 is 0 Å². The minimum atomic E-state index is -1.15. The molecule has 1 atom stereocenters. The number of nitrogens with one attached hydrogen (secondary N) is 2. The molecule has 216 valence electrons. The molecule has 1 unspecified atom stereocenters. The number of aromatic nitrogens is 4. The number of carbonyl (C=O) groups is 1. The number of halogens is 2. The summed E-state index contributed by atoms with van der Waals surface area (Å²) in [4.78, 5) is 23.9. The molecule has 0 saturated carbocycles. The van der Waals surface area contributed by atoms with Gasteiger partial charge in [0.15, 0.2) is 23.1 Å². The van der Waals surface area contributed by atoms with Crippen LogP contribution in [0.25, 0.3) is 11.3 Å². The van der Waals surface area contributed by atoms with Crippen LogP contribution in [-0.2, 0) is 11.3 Å². The molecule has 1 fully saturated rings. The van der Waals surface area contributed by atoms with E-state index in [1.54, 1.807) is 16.8 Å². The van der Waals surface area contributed by atoms with Crippen molar-refractivity contribution in [3.63, 3.8) is 0 Å². The Kier molecular flexibility index (Phi) is 8.42. The number of imidazole rings is 1. The van der Waals surface area contributed by atoms with Crippen LogP contribution in [0.15, 0.2) is 42.9 Å². The summed E-state index contributed by atoms with van der Waals surface area (Å²) in [7, 11) is 0. The average Bonchev–Trinajstić information content (AvgIpc) is 3.53. The fourth-order valence-electron chi connectivity index (χ4n) is 4.87. The van der Waals surface area contributed by atoms with E-state index in [1.807, 2.05) is 13.0 Å². The van der Waals surface area contributed by atoms with E-state index in [9.17, 15) is 13.6 Å². The first-order chi connectivity index (χ1) is 19.7. The average molecular weight is 583 g/mol. The number of piperidine rings is 1. The molecule has 0 spiro atoms. The molecule has 41 heavy (non-hydrogen) atoms. The van der Waals surface area contributed by atoms with Crippen molar-refractivity contribution in [2.24, 2.45) is 17.5 Å². The van der Waals surface area contributed by atoms with Gasteiger partial charge in [0.1, 0.15) is 11.5 Å². The maximum absolute atomic E-state index is 13.9. The highest BCUT2D eigenvalue weighted by molar-refractivity contribution is 7.10. The van der Waals surface area contributed by atoms with Crippen molar-refractivity contribution in [3.8, 4) is 0 Å². The third-order valence-corrected chi connectivity index (χ3v) is 7.43. The summed E-state index contributed by atoms with van der Waals surface area (Å²) < 4.78 is 33.7. The molecule has 0 radical (unpaired) electrons. The molecular formula is C27H32F2N10OS. The smallest absolute Gasteiger partial charge is 0.245 e. The van der Waals surface area contributed by atoms with E-state index in [2.05, 4.69) is 36.8 Å². The number of carbonyl (C=O) groups excluding carboxylic acids is 1. The summed E-state index contributed by atoms with van der Waals surface area (Å²) in [6, 6.07) is 5.55. The number of hydrogen-bond acceptors (Lipinski definition) is 10. The highest BCUT2D eigenvalue weighted by atomic mass is 32.1. The number of nitrogens with two attached hydrogens (primary N) is 2. The number of amides is 1. The summed E-state index contributed by atoms with van der Waals surface area (Å²) in [5, 5.41) is 7.55. The predicted molar refractivity (Wildman–Crippen MR) is 155 cm³/mol. The van der Waals surface area contributed by atoms with Crippen molar-refractivity contribution in [3.05, 3.63) is 71.6 Å². The van der Waals surface area contributed by atoms with Crippen LogP contribution in [0.1, 0.15) is 36.8 Å². The number of likely N-dealkylation sites (tertiary alicyclic amines) is 1. The lowest BCUT2D eigenvalue weighted by Gasteiger charge is -2.30. The van der Waals surface area contributed by atoms with Gasteiger partial charge in [0.05, 0.1) is 34.7 Å². The monoisotopic (exact) mass is 582 g/mol. The lowest BCUT2D eigenvalue weighted by molar-refractivity contribution is -0.116. The Bertz CT molecular complexity index is 1590. The van der Waals surface area contributed by atoms with Crippen molar-refractivity contribution >= 4 is 45.3 Å². The van der Waals surface area contributed by atoms with Gasteiger partial charge in [0.25, 0.3) is 0 Å². The number of rotatable bonds is 9. The largest absolute Gasteiger partial charge is 0.396 e. The predicted octanol–water partition coefficient (Wildman–Crippen LogP) is 3.82. The van der Waals surface area contributed by atoms with E-state index < -0.39 is 17.5 Å². The number of hydrazine groups is 1. The van der Waals surface area contributed by atoms with Crippen molar-refractivity contribution in [2.75, 3.05) is 30.3 Å². The molecule has 11 nitrogen and oxygen atoms in total. The van der Waals surface area contributed by atoms with Gasteiger partial charge in [0, 0.05) is 25.5 Å². The molecule has 1 saturated heterocycles. The van der Waals surface area contributed by atoms with E-state index in [0.717, 1.165) is 47.1 Å². The van der Waals surface area contributed by atoms with Crippen LogP contribution in [-0.4, -0.2) is 54.2 Å². The Hall–Kier alpha value is -4.14. The van der Waals surface area contributed by atoms with Crippen LogP contribution in [0.2, 0.25) is 0 Å². The van der Waals surface area contributed by atoms with Crippen molar-refractivity contribution in [1.82, 2.24) is 28.7 Å². The molecule has 6 N–H and O–H groups in total. The topological polar surface area (TPSA) is 143 Å². The molecule has 1 aliphatic heterocycles. The van der Waals surface area contributed by atoms with Crippen LogP contribution in [0, 0.1) is 24.5 Å². The van der Waals surface area contributed by atoms with Gasteiger partial charge in [-0.3, -0.25) is 14.1 Å². The Morgan fingerprint density at radius 3 is 2.98 bits per heavy atom. The van der Waals surface area contributed by atoms with Gasteiger partial charge in [0.2, 0.25) is 5.91 Å². The van der Waals surface area contributed by atoms with E-state index in [1.165, 1.54) is 42.7 Å². The second kappa shape index (κ2) is 12.2. The molecule has 14 heteroatoms. The minimum absolute atomic E-state index is 0.233. The number of benzene rings is 1. The number of fused-ring (bicyclic) bond motifs is 1. The van der Waals surface area contributed by atoms with Crippen LogP contribution >= 0.6 is 11.5 Å². The Morgan fingerprint density at radius 1 is 1.34 bits per heavy atom. The van der Waals surface area contributed by atoms with Crippen molar-refractivity contribution in [1.29, 1.82) is 0 Å². The third-order valence-electron chi connectivity index (χ3n) is 6.69. The summed E-state index contributed by atoms with van der Waals surface area (Å²) in [6.45, 7) is 6.78. The fraction of sp³-hybridized carbons (Fsp3) is 0.333.